The Bertz CT molecular complexity index is 810. The summed E-state index contributed by atoms with van der Waals surface area (Å²) in [5.41, 5.74) is 3.76. The largest absolute Gasteiger partial charge is 0.336 e. The fourth-order valence-electron chi connectivity index (χ4n) is 3.62. The topological polar surface area (TPSA) is 9.72 Å². The minimum absolute atomic E-state index is 0.872. The Morgan fingerprint density at radius 3 is 0.867 bits per heavy atom. The molecule has 156 valence electrons. The van der Waals surface area contributed by atoms with Crippen LogP contribution in [-0.4, -0.2) is 38.8 Å². The third kappa shape index (κ3) is 4.88. The fourth-order valence-corrected chi connectivity index (χ4v) is 4.85. The number of anilines is 3. The van der Waals surface area contributed by atoms with Crippen molar-refractivity contribution in [2.45, 2.75) is 14.7 Å². The van der Waals surface area contributed by atoms with Gasteiger partial charge in [0.25, 0.3) is 0 Å². The lowest BCUT2D eigenvalue weighted by Gasteiger charge is -2.45. The molecule has 1 fully saturated rings. The van der Waals surface area contributed by atoms with Crippen molar-refractivity contribution < 1.29 is 0 Å². The normalized spacial score (nSPS) is 14.3. The Labute approximate surface area is 192 Å². The first-order valence-corrected chi connectivity index (χ1v) is 13.5. The SMILES string of the molecule is CSc1ccc(N2CN(c3ccc(SC)cc3)CN(c3ccc(SC)cc3)C2)cc1. The standard InChI is InChI=1S/C24H27N3S3/c1-28-22-10-4-19(5-11-22)25-16-26(20-6-12-23(29-2)13-7-20)18-27(17-25)21-8-14-24(30-3)15-9-21/h4-15H,16-18H2,1-3H3. The number of rotatable bonds is 6. The Kier molecular flexibility index (Phi) is 7.08. The highest BCUT2D eigenvalue weighted by Crippen LogP contribution is 2.29. The monoisotopic (exact) mass is 453 g/mol. The van der Waals surface area contributed by atoms with Crippen molar-refractivity contribution in [2.24, 2.45) is 0 Å². The number of nitrogens with zero attached hydrogens (tertiary/aromatic N) is 3. The van der Waals surface area contributed by atoms with Crippen LogP contribution in [0.25, 0.3) is 0 Å². The van der Waals surface area contributed by atoms with Crippen LogP contribution < -0.4 is 14.7 Å². The van der Waals surface area contributed by atoms with Gasteiger partial charge in [-0.2, -0.15) is 0 Å². The van der Waals surface area contributed by atoms with Gasteiger partial charge in [0.05, 0.1) is 20.0 Å². The second-order valence-corrected chi connectivity index (χ2v) is 9.78. The first kappa shape index (κ1) is 21.3. The van der Waals surface area contributed by atoms with E-state index in [-0.39, 0.29) is 0 Å². The van der Waals surface area contributed by atoms with Crippen LogP contribution in [0.3, 0.4) is 0 Å². The van der Waals surface area contributed by atoms with Gasteiger partial charge in [0, 0.05) is 31.7 Å². The zero-order valence-corrected chi connectivity index (χ0v) is 20.1. The zero-order valence-electron chi connectivity index (χ0n) is 17.6. The molecule has 0 atom stereocenters. The van der Waals surface area contributed by atoms with Gasteiger partial charge < -0.3 is 14.7 Å². The third-order valence-corrected chi connectivity index (χ3v) is 7.57. The zero-order chi connectivity index (χ0) is 20.9. The van der Waals surface area contributed by atoms with Gasteiger partial charge in [0.2, 0.25) is 0 Å². The third-order valence-electron chi connectivity index (χ3n) is 5.34. The Hall–Kier alpha value is -1.89. The smallest absolute Gasteiger partial charge is 0.0937 e. The number of hydrogen-bond acceptors (Lipinski definition) is 6. The van der Waals surface area contributed by atoms with Crippen LogP contribution in [0.2, 0.25) is 0 Å². The average molecular weight is 454 g/mol. The minimum Gasteiger partial charge on any atom is -0.336 e. The second-order valence-electron chi connectivity index (χ2n) is 7.14. The van der Waals surface area contributed by atoms with Crippen LogP contribution in [0, 0.1) is 0 Å². The summed E-state index contributed by atoms with van der Waals surface area (Å²) in [6.07, 6.45) is 6.36. The molecule has 0 amide bonds. The predicted molar refractivity (Wildman–Crippen MR) is 137 cm³/mol. The van der Waals surface area contributed by atoms with Crippen LogP contribution in [0.5, 0.6) is 0 Å². The highest BCUT2D eigenvalue weighted by molar-refractivity contribution is 7.99. The molecule has 0 bridgehead atoms. The molecule has 1 aliphatic rings. The summed E-state index contributed by atoms with van der Waals surface area (Å²) in [5.74, 6) is 0. The lowest BCUT2D eigenvalue weighted by atomic mass is 10.2. The number of hydrogen-bond donors (Lipinski definition) is 0. The summed E-state index contributed by atoms with van der Waals surface area (Å²) in [6.45, 7) is 2.61. The molecule has 1 saturated heterocycles. The summed E-state index contributed by atoms with van der Waals surface area (Å²) in [4.78, 5) is 11.2. The first-order valence-electron chi connectivity index (χ1n) is 9.87. The van der Waals surface area contributed by atoms with Crippen molar-refractivity contribution in [2.75, 3.05) is 53.5 Å². The molecule has 3 aromatic carbocycles. The van der Waals surface area contributed by atoms with E-state index >= 15 is 0 Å². The van der Waals surface area contributed by atoms with E-state index in [9.17, 15) is 0 Å². The molecule has 0 aliphatic carbocycles. The average Bonchev–Trinajstić information content (AvgIpc) is 2.84. The lowest BCUT2D eigenvalue weighted by Crippen LogP contribution is -2.55. The van der Waals surface area contributed by atoms with E-state index in [4.69, 9.17) is 0 Å². The van der Waals surface area contributed by atoms with E-state index in [1.165, 1.54) is 31.7 Å². The van der Waals surface area contributed by atoms with Crippen molar-refractivity contribution in [3.63, 3.8) is 0 Å². The van der Waals surface area contributed by atoms with Gasteiger partial charge >= 0.3 is 0 Å². The van der Waals surface area contributed by atoms with Crippen LogP contribution in [0.1, 0.15) is 0 Å². The van der Waals surface area contributed by atoms with E-state index in [1.807, 2.05) is 0 Å². The molecular formula is C24H27N3S3. The fraction of sp³-hybridized carbons (Fsp3) is 0.250. The van der Waals surface area contributed by atoms with E-state index in [0.29, 0.717) is 0 Å². The summed E-state index contributed by atoms with van der Waals surface area (Å²) < 4.78 is 0. The molecule has 1 aliphatic heterocycles. The van der Waals surface area contributed by atoms with Gasteiger partial charge in [-0.1, -0.05) is 0 Å². The summed E-state index contributed by atoms with van der Waals surface area (Å²) in [6, 6.07) is 26.7. The molecular weight excluding hydrogens is 426 g/mol. The van der Waals surface area contributed by atoms with E-state index < -0.39 is 0 Å². The molecule has 0 unspecified atom stereocenters. The molecule has 3 aromatic rings. The molecule has 0 radical (unpaired) electrons. The first-order chi connectivity index (χ1) is 14.7. The summed E-state index contributed by atoms with van der Waals surface area (Å²) in [7, 11) is 0. The summed E-state index contributed by atoms with van der Waals surface area (Å²) >= 11 is 5.35. The molecule has 30 heavy (non-hydrogen) atoms. The van der Waals surface area contributed by atoms with Gasteiger partial charge in [0.1, 0.15) is 0 Å². The molecule has 1 heterocycles. The van der Waals surface area contributed by atoms with E-state index in [0.717, 1.165) is 20.0 Å². The second kappa shape index (κ2) is 9.94. The van der Waals surface area contributed by atoms with E-state index in [2.05, 4.69) is 106 Å². The van der Waals surface area contributed by atoms with Gasteiger partial charge in [-0.25, -0.2) is 0 Å². The number of benzene rings is 3. The van der Waals surface area contributed by atoms with Crippen molar-refractivity contribution in [3.05, 3.63) is 72.8 Å². The molecule has 4 rings (SSSR count). The Morgan fingerprint density at radius 1 is 0.433 bits per heavy atom. The Balaban J connectivity index is 1.63. The van der Waals surface area contributed by atoms with Gasteiger partial charge in [-0.05, 0) is 91.6 Å². The quantitative estimate of drug-likeness (QED) is 0.388. The van der Waals surface area contributed by atoms with Crippen LogP contribution in [0.4, 0.5) is 17.1 Å². The van der Waals surface area contributed by atoms with Crippen molar-refractivity contribution in [1.82, 2.24) is 0 Å². The van der Waals surface area contributed by atoms with Crippen LogP contribution in [0.15, 0.2) is 87.5 Å². The number of thioether (sulfide) groups is 3. The van der Waals surface area contributed by atoms with Crippen molar-refractivity contribution >= 4 is 52.3 Å². The molecule has 0 N–H and O–H groups in total. The molecule has 0 spiro atoms. The Morgan fingerprint density at radius 2 is 0.667 bits per heavy atom. The van der Waals surface area contributed by atoms with Gasteiger partial charge in [0.15, 0.2) is 0 Å². The maximum Gasteiger partial charge on any atom is 0.0937 e. The van der Waals surface area contributed by atoms with Crippen LogP contribution >= 0.6 is 35.3 Å². The molecule has 6 heteroatoms. The maximum atomic E-state index is 2.44. The van der Waals surface area contributed by atoms with Crippen LogP contribution in [-0.2, 0) is 0 Å². The van der Waals surface area contributed by atoms with Gasteiger partial charge in [-0.3, -0.25) is 0 Å². The molecule has 0 aromatic heterocycles. The van der Waals surface area contributed by atoms with E-state index in [1.54, 1.807) is 35.3 Å². The van der Waals surface area contributed by atoms with Gasteiger partial charge in [-0.15, -0.1) is 35.3 Å². The molecule has 3 nitrogen and oxygen atoms in total. The molecule has 0 saturated carbocycles. The minimum atomic E-state index is 0.872. The maximum absolute atomic E-state index is 2.44. The summed E-state index contributed by atoms with van der Waals surface area (Å²) in [5, 5.41) is 0. The lowest BCUT2D eigenvalue weighted by molar-refractivity contribution is 0.610. The highest BCUT2D eigenvalue weighted by Gasteiger charge is 2.24. The van der Waals surface area contributed by atoms with Crippen molar-refractivity contribution in [1.29, 1.82) is 0 Å². The predicted octanol–water partition coefficient (Wildman–Crippen LogP) is 6.56. The highest BCUT2D eigenvalue weighted by atomic mass is 32.2. The van der Waals surface area contributed by atoms with Crippen molar-refractivity contribution in [3.8, 4) is 0 Å².